The van der Waals surface area contributed by atoms with Crippen LogP contribution in [0.2, 0.25) is 5.02 Å². The molecule has 0 fully saturated rings. The number of amides is 2. The van der Waals surface area contributed by atoms with Gasteiger partial charge in [-0.1, -0.05) is 28.9 Å². The van der Waals surface area contributed by atoms with E-state index in [0.29, 0.717) is 16.6 Å². The van der Waals surface area contributed by atoms with Crippen LogP contribution < -0.4 is 5.32 Å². The molecule has 7 heteroatoms. The van der Waals surface area contributed by atoms with Gasteiger partial charge < -0.3 is 14.7 Å². The molecule has 1 heterocycles. The lowest BCUT2D eigenvalue weighted by molar-refractivity contribution is -0.129. The fourth-order valence-electron chi connectivity index (χ4n) is 1.81. The third-order valence-electron chi connectivity index (χ3n) is 2.92. The molecule has 6 nitrogen and oxygen atoms in total. The second-order valence-electron chi connectivity index (χ2n) is 4.95. The Bertz CT molecular complexity index is 740. The number of likely N-dealkylation sites (N-methyl/N-ethyl adjacent to an activating group) is 1. The molecule has 0 saturated heterocycles. The first-order chi connectivity index (χ1) is 10.9. The number of aryl methyl sites for hydroxylation is 1. The maximum absolute atomic E-state index is 12.0. The predicted molar refractivity (Wildman–Crippen MR) is 88.0 cm³/mol. The van der Waals surface area contributed by atoms with Crippen LogP contribution in [0.4, 0.5) is 5.82 Å². The van der Waals surface area contributed by atoms with Crippen molar-refractivity contribution in [2.24, 2.45) is 0 Å². The highest BCUT2D eigenvalue weighted by Gasteiger charge is 2.12. The molecule has 0 atom stereocenters. The Morgan fingerprint density at radius 3 is 2.83 bits per heavy atom. The van der Waals surface area contributed by atoms with Crippen molar-refractivity contribution >= 4 is 35.3 Å². The third-order valence-corrected chi connectivity index (χ3v) is 3.15. The molecule has 2 aromatic rings. The average Bonchev–Trinajstić information content (AvgIpc) is 2.89. The molecule has 0 bridgehead atoms. The molecule has 0 aliphatic carbocycles. The molecular formula is C16H16ClN3O3. The van der Waals surface area contributed by atoms with Gasteiger partial charge in [0.25, 0.3) is 0 Å². The zero-order chi connectivity index (χ0) is 16.8. The number of nitrogens with zero attached hydrogens (tertiary/aromatic N) is 2. The normalized spacial score (nSPS) is 10.7. The van der Waals surface area contributed by atoms with Gasteiger partial charge in [-0.05, 0) is 30.7 Å². The number of carbonyl (C=O) groups excluding carboxylic acids is 2. The van der Waals surface area contributed by atoms with Crippen LogP contribution in [0, 0.1) is 6.92 Å². The van der Waals surface area contributed by atoms with Crippen LogP contribution in [-0.2, 0) is 9.59 Å². The highest BCUT2D eigenvalue weighted by atomic mass is 35.5. The van der Waals surface area contributed by atoms with E-state index >= 15 is 0 Å². The number of hydrogen-bond donors (Lipinski definition) is 1. The summed E-state index contributed by atoms with van der Waals surface area (Å²) in [5, 5.41) is 6.80. The number of halogens is 1. The number of anilines is 1. The van der Waals surface area contributed by atoms with Gasteiger partial charge in [0, 0.05) is 24.2 Å². The van der Waals surface area contributed by atoms with Crippen molar-refractivity contribution < 1.29 is 14.1 Å². The lowest BCUT2D eigenvalue weighted by atomic mass is 10.2. The van der Waals surface area contributed by atoms with Gasteiger partial charge in [-0.25, -0.2) is 0 Å². The van der Waals surface area contributed by atoms with E-state index in [1.54, 1.807) is 37.3 Å². The lowest BCUT2D eigenvalue weighted by Gasteiger charge is -2.13. The zero-order valence-electron chi connectivity index (χ0n) is 12.7. The molecule has 0 aliphatic heterocycles. The predicted octanol–water partition coefficient (Wildman–Crippen LogP) is 2.75. The molecule has 23 heavy (non-hydrogen) atoms. The van der Waals surface area contributed by atoms with Gasteiger partial charge in [0.15, 0.2) is 5.82 Å². The largest absolute Gasteiger partial charge is 0.360 e. The molecule has 0 unspecified atom stereocenters. The Hall–Kier alpha value is -2.60. The summed E-state index contributed by atoms with van der Waals surface area (Å²) in [4.78, 5) is 25.1. The van der Waals surface area contributed by atoms with Crippen molar-refractivity contribution in [2.45, 2.75) is 6.92 Å². The summed E-state index contributed by atoms with van der Waals surface area (Å²) in [5.74, 6) is 0.263. The van der Waals surface area contributed by atoms with Gasteiger partial charge in [-0.2, -0.15) is 0 Å². The van der Waals surface area contributed by atoms with Crippen LogP contribution in [0.15, 0.2) is 40.9 Å². The summed E-state index contributed by atoms with van der Waals surface area (Å²) in [6, 6.07) is 8.71. The van der Waals surface area contributed by atoms with Crippen molar-refractivity contribution in [2.75, 3.05) is 18.9 Å². The molecule has 2 rings (SSSR count). The van der Waals surface area contributed by atoms with Gasteiger partial charge in [-0.3, -0.25) is 9.59 Å². The van der Waals surface area contributed by atoms with Crippen LogP contribution in [0.5, 0.6) is 0 Å². The molecule has 2 amide bonds. The standard InChI is InChI=1S/C16H16ClN3O3/c1-11-8-14(19-23-11)18-15(21)10-20(2)16(22)7-6-12-4-3-5-13(17)9-12/h3-9H,10H2,1-2H3,(H,18,19,21)/b7-6+. The van der Waals surface area contributed by atoms with E-state index in [1.165, 1.54) is 18.0 Å². The van der Waals surface area contributed by atoms with E-state index in [1.807, 2.05) is 6.07 Å². The first-order valence-corrected chi connectivity index (χ1v) is 7.24. The van der Waals surface area contributed by atoms with Crippen molar-refractivity contribution in [1.29, 1.82) is 0 Å². The molecule has 0 saturated carbocycles. The SMILES string of the molecule is Cc1cc(NC(=O)CN(C)C(=O)/C=C/c2cccc(Cl)c2)no1. The van der Waals surface area contributed by atoms with Gasteiger partial charge in [0.1, 0.15) is 5.76 Å². The summed E-state index contributed by atoms with van der Waals surface area (Å²) in [7, 11) is 1.54. The molecule has 1 aromatic heterocycles. The van der Waals surface area contributed by atoms with Gasteiger partial charge in [-0.15, -0.1) is 0 Å². The minimum absolute atomic E-state index is 0.0926. The number of benzene rings is 1. The number of aromatic nitrogens is 1. The Labute approximate surface area is 138 Å². The molecule has 1 aromatic carbocycles. The quantitative estimate of drug-likeness (QED) is 0.854. The van der Waals surface area contributed by atoms with E-state index < -0.39 is 0 Å². The fourth-order valence-corrected chi connectivity index (χ4v) is 2.00. The van der Waals surface area contributed by atoms with E-state index in [4.69, 9.17) is 16.1 Å². The second kappa shape index (κ2) is 7.60. The molecule has 0 radical (unpaired) electrons. The van der Waals surface area contributed by atoms with Crippen molar-refractivity contribution in [1.82, 2.24) is 10.1 Å². The van der Waals surface area contributed by atoms with E-state index in [2.05, 4.69) is 10.5 Å². The topological polar surface area (TPSA) is 75.4 Å². The number of nitrogens with one attached hydrogen (secondary N) is 1. The summed E-state index contributed by atoms with van der Waals surface area (Å²) in [6.07, 6.45) is 3.03. The smallest absolute Gasteiger partial charge is 0.246 e. The summed E-state index contributed by atoms with van der Waals surface area (Å²) >= 11 is 5.87. The average molecular weight is 334 g/mol. The zero-order valence-corrected chi connectivity index (χ0v) is 13.5. The molecular weight excluding hydrogens is 318 g/mol. The third kappa shape index (κ3) is 5.27. The Kier molecular flexibility index (Phi) is 5.54. The van der Waals surface area contributed by atoms with E-state index in [-0.39, 0.29) is 18.4 Å². The van der Waals surface area contributed by atoms with Crippen molar-refractivity contribution in [3.63, 3.8) is 0 Å². The summed E-state index contributed by atoms with van der Waals surface area (Å²) < 4.78 is 4.85. The highest BCUT2D eigenvalue weighted by molar-refractivity contribution is 6.30. The molecule has 120 valence electrons. The minimum Gasteiger partial charge on any atom is -0.360 e. The van der Waals surface area contributed by atoms with Crippen molar-refractivity contribution in [3.8, 4) is 0 Å². The second-order valence-corrected chi connectivity index (χ2v) is 5.39. The summed E-state index contributed by atoms with van der Waals surface area (Å²) in [5.41, 5.74) is 0.807. The monoisotopic (exact) mass is 333 g/mol. The van der Waals surface area contributed by atoms with Crippen LogP contribution in [-0.4, -0.2) is 35.5 Å². The van der Waals surface area contributed by atoms with Crippen LogP contribution >= 0.6 is 11.6 Å². The number of hydrogen-bond acceptors (Lipinski definition) is 4. The van der Waals surface area contributed by atoms with Gasteiger partial charge in [0.05, 0.1) is 6.54 Å². The minimum atomic E-state index is -0.356. The fraction of sp³-hybridized carbons (Fsp3) is 0.188. The molecule has 0 spiro atoms. The summed E-state index contributed by atoms with van der Waals surface area (Å²) in [6.45, 7) is 1.63. The van der Waals surface area contributed by atoms with Crippen LogP contribution in [0.1, 0.15) is 11.3 Å². The number of rotatable bonds is 5. The van der Waals surface area contributed by atoms with Gasteiger partial charge in [0.2, 0.25) is 11.8 Å². The first-order valence-electron chi connectivity index (χ1n) is 6.86. The highest BCUT2D eigenvalue weighted by Crippen LogP contribution is 2.12. The Morgan fingerprint density at radius 2 is 2.17 bits per heavy atom. The molecule has 0 aliphatic rings. The van der Waals surface area contributed by atoms with Crippen LogP contribution in [0.25, 0.3) is 6.08 Å². The van der Waals surface area contributed by atoms with E-state index in [0.717, 1.165) is 5.56 Å². The first kappa shape index (κ1) is 16.8. The maximum atomic E-state index is 12.0. The Morgan fingerprint density at radius 1 is 1.39 bits per heavy atom. The van der Waals surface area contributed by atoms with Crippen molar-refractivity contribution in [3.05, 3.63) is 52.8 Å². The van der Waals surface area contributed by atoms with Gasteiger partial charge >= 0.3 is 0 Å². The maximum Gasteiger partial charge on any atom is 0.246 e. The van der Waals surface area contributed by atoms with E-state index in [9.17, 15) is 9.59 Å². The molecule has 1 N–H and O–H groups in total. The Balaban J connectivity index is 1.88. The number of carbonyl (C=O) groups is 2. The lowest BCUT2D eigenvalue weighted by Crippen LogP contribution is -2.33. The van der Waals surface area contributed by atoms with Crippen LogP contribution in [0.3, 0.4) is 0 Å².